The van der Waals surface area contributed by atoms with Crippen LogP contribution in [0.25, 0.3) is 0 Å². The zero-order valence-corrected chi connectivity index (χ0v) is 36.5. The van der Waals surface area contributed by atoms with Gasteiger partial charge < -0.3 is 93.6 Å². The molecule has 20 heteroatoms. The molecule has 19 nitrogen and oxygen atoms in total. The average molecular weight is 868 g/mol. The van der Waals surface area contributed by atoms with E-state index in [1.807, 2.05) is 41.5 Å². The van der Waals surface area contributed by atoms with Crippen LogP contribution in [0.4, 0.5) is 0 Å². The number of aliphatic hydroxyl groups excluding tert-OH is 9. The standard InChI is InChI=1S/C36H69O19P.C2H6/c1-18(19(2)16-50-56(7)47)8-12-48-17-22-23(40)26(43)27(44)33(53-22)54-31-25(42)21(15-39)52-34(29(31)46)55-30-24(41)20(14-38)51-32(28(30)45)49-13-10-36(5,6)35(3,4)9-11-37;1-2/h18-34,37-47H,8-17H2,1-7H3;1-2H3/p+1. The fourth-order valence-corrected chi connectivity index (χ4v) is 7.17. The van der Waals surface area contributed by atoms with Gasteiger partial charge in [0.15, 0.2) is 27.2 Å². The van der Waals surface area contributed by atoms with Gasteiger partial charge in [0.05, 0.1) is 33.0 Å². The minimum Gasteiger partial charge on any atom is -0.445 e. The van der Waals surface area contributed by atoms with Crippen LogP contribution in [0.15, 0.2) is 0 Å². The van der Waals surface area contributed by atoms with Crippen LogP contribution in [-0.4, -0.2) is 201 Å². The fourth-order valence-electron chi connectivity index (χ4n) is 6.72. The number of ether oxygens (including phenoxy) is 7. The van der Waals surface area contributed by atoms with E-state index in [2.05, 4.69) is 13.8 Å². The number of rotatable bonds is 22. The Kier molecular flexibility index (Phi) is 23.3. The summed E-state index contributed by atoms with van der Waals surface area (Å²) in [6, 6.07) is 0. The van der Waals surface area contributed by atoms with E-state index in [-0.39, 0.29) is 49.1 Å². The van der Waals surface area contributed by atoms with Crippen molar-refractivity contribution >= 4 is 8.38 Å². The van der Waals surface area contributed by atoms with Crippen LogP contribution in [0.5, 0.6) is 0 Å². The van der Waals surface area contributed by atoms with E-state index in [4.69, 9.17) is 42.8 Å². The maximum Gasteiger partial charge on any atom is 0.187 e. The molecule has 3 heterocycles. The number of hydrogen-bond acceptors (Lipinski definition) is 18. The van der Waals surface area contributed by atoms with E-state index in [9.17, 15) is 50.9 Å². The maximum atomic E-state index is 11.4. The van der Waals surface area contributed by atoms with Crippen molar-refractivity contribution in [1.29, 1.82) is 0 Å². The van der Waals surface area contributed by atoms with Crippen LogP contribution in [-0.2, 0) is 37.7 Å². The normalized spacial score (nSPS) is 37.8. The minimum atomic E-state index is -1.92. The number of hydrogen-bond donors (Lipinski definition) is 10. The lowest BCUT2D eigenvalue weighted by Gasteiger charge is -2.48. The average Bonchev–Trinajstić information content (AvgIpc) is 3.18. The molecule has 0 aromatic heterocycles. The van der Waals surface area contributed by atoms with Crippen molar-refractivity contribution in [3.8, 4) is 0 Å². The molecule has 18 unspecified atom stereocenters. The lowest BCUT2D eigenvalue weighted by atomic mass is 9.64. The highest BCUT2D eigenvalue weighted by molar-refractivity contribution is 7.45. The van der Waals surface area contributed by atoms with Gasteiger partial charge in [-0.15, -0.1) is 0 Å². The summed E-state index contributed by atoms with van der Waals surface area (Å²) in [4.78, 5) is 9.42. The Morgan fingerprint density at radius 1 is 0.638 bits per heavy atom. The van der Waals surface area contributed by atoms with Crippen molar-refractivity contribution in [2.75, 3.05) is 52.9 Å². The zero-order valence-electron chi connectivity index (χ0n) is 35.6. The third kappa shape index (κ3) is 14.4. The van der Waals surface area contributed by atoms with Crippen LogP contribution in [0.1, 0.15) is 74.7 Å². The molecule has 3 aliphatic heterocycles. The molecule has 12 N–H and O–H groups in total. The molecule has 0 saturated carbocycles. The van der Waals surface area contributed by atoms with Gasteiger partial charge in [0, 0.05) is 19.7 Å². The summed E-state index contributed by atoms with van der Waals surface area (Å²) in [5, 5.41) is 105. The summed E-state index contributed by atoms with van der Waals surface area (Å²) in [5.41, 5.74) is -0.485. The molecular weight excluding hydrogens is 791 g/mol. The van der Waals surface area contributed by atoms with Crippen LogP contribution >= 0.6 is 8.38 Å². The molecule has 346 valence electrons. The molecule has 0 aromatic rings. The van der Waals surface area contributed by atoms with E-state index in [1.54, 1.807) is 6.66 Å². The zero-order chi connectivity index (χ0) is 44.1. The molecule has 0 amide bonds. The van der Waals surface area contributed by atoms with E-state index in [0.29, 0.717) is 25.9 Å². The molecular formula is C38H76O19P+. The Balaban J connectivity index is 0.00000571. The Bertz CT molecular complexity index is 1120. The van der Waals surface area contributed by atoms with Gasteiger partial charge in [-0.1, -0.05) is 55.4 Å². The lowest BCUT2D eigenvalue weighted by molar-refractivity contribution is -0.381. The van der Waals surface area contributed by atoms with E-state index in [0.717, 1.165) is 0 Å². The molecule has 0 spiro atoms. The highest BCUT2D eigenvalue weighted by Crippen LogP contribution is 2.44. The van der Waals surface area contributed by atoms with Gasteiger partial charge in [-0.2, -0.15) is 0 Å². The summed E-state index contributed by atoms with van der Waals surface area (Å²) in [5.74, 6) is 0.280. The molecule has 3 aliphatic rings. The van der Waals surface area contributed by atoms with E-state index in [1.165, 1.54) is 0 Å². The lowest BCUT2D eigenvalue weighted by Crippen LogP contribution is -2.67. The summed E-state index contributed by atoms with van der Waals surface area (Å²) >= 11 is 0. The molecule has 3 rings (SSSR count). The summed E-state index contributed by atoms with van der Waals surface area (Å²) in [7, 11) is -1.47. The summed E-state index contributed by atoms with van der Waals surface area (Å²) in [6.45, 7) is 17.0. The molecule has 0 aliphatic carbocycles. The molecule has 3 fully saturated rings. The SMILES string of the molecule is CC.CC(CCOCC1OC(OC2C(O)C(CO)OC(OC3C(O)C(CO)OC(OCCC(C)(C)C(C)(C)CC[OH2+])C3O)C2O)C(O)C(O)C1O)C(C)COP(C)O. The smallest absolute Gasteiger partial charge is 0.187 e. The highest BCUT2D eigenvalue weighted by Gasteiger charge is 2.54. The first-order valence-electron chi connectivity index (χ1n) is 20.4. The number of aliphatic hydroxyl groups is 9. The molecule has 58 heavy (non-hydrogen) atoms. The van der Waals surface area contributed by atoms with Gasteiger partial charge >= 0.3 is 0 Å². The predicted molar refractivity (Wildman–Crippen MR) is 209 cm³/mol. The van der Waals surface area contributed by atoms with Gasteiger partial charge in [0.1, 0.15) is 79.9 Å². The second-order valence-corrected chi connectivity index (χ2v) is 17.8. The van der Waals surface area contributed by atoms with E-state index >= 15 is 0 Å². The van der Waals surface area contributed by atoms with Gasteiger partial charge in [-0.05, 0) is 35.5 Å². The monoisotopic (exact) mass is 867 g/mol. The molecule has 3 saturated heterocycles. The molecule has 18 atom stereocenters. The summed E-state index contributed by atoms with van der Waals surface area (Å²) < 4.78 is 45.6. The second kappa shape index (κ2) is 25.1. The quantitative estimate of drug-likeness (QED) is 0.0343. The van der Waals surface area contributed by atoms with Crippen LogP contribution in [0.3, 0.4) is 0 Å². The van der Waals surface area contributed by atoms with Gasteiger partial charge in [0.2, 0.25) is 0 Å². The Morgan fingerprint density at radius 3 is 1.64 bits per heavy atom. The Labute approximate surface area is 344 Å². The molecule has 0 radical (unpaired) electrons. The minimum absolute atomic E-state index is 0.101. The first-order valence-corrected chi connectivity index (χ1v) is 22.0. The second-order valence-electron chi connectivity index (χ2n) is 16.6. The van der Waals surface area contributed by atoms with Crippen LogP contribution < -0.4 is 0 Å². The topological polar surface area (TPSA) is 299 Å². The molecule has 0 aromatic carbocycles. The van der Waals surface area contributed by atoms with Crippen molar-refractivity contribution < 1.29 is 93.6 Å². The summed E-state index contributed by atoms with van der Waals surface area (Å²) in [6.07, 6.45) is -22.7. The first-order chi connectivity index (χ1) is 27.2. The van der Waals surface area contributed by atoms with Crippen LogP contribution in [0, 0.1) is 22.7 Å². The highest BCUT2D eigenvalue weighted by atomic mass is 31.2. The van der Waals surface area contributed by atoms with Gasteiger partial charge in [0.25, 0.3) is 0 Å². The largest absolute Gasteiger partial charge is 0.445 e. The van der Waals surface area contributed by atoms with Crippen molar-refractivity contribution in [2.45, 2.75) is 167 Å². The Hall–Kier alpha value is -0.330. The first kappa shape index (κ1) is 53.8. The van der Waals surface area contributed by atoms with Crippen molar-refractivity contribution in [2.24, 2.45) is 22.7 Å². The van der Waals surface area contributed by atoms with Crippen molar-refractivity contribution in [3.05, 3.63) is 0 Å². The van der Waals surface area contributed by atoms with Crippen LogP contribution in [0.2, 0.25) is 0 Å². The maximum absolute atomic E-state index is 11.4. The third-order valence-electron chi connectivity index (χ3n) is 12.0. The fraction of sp³-hybridized carbons (Fsp3) is 1.00. The third-order valence-corrected chi connectivity index (χ3v) is 12.5. The predicted octanol–water partition coefficient (Wildman–Crippen LogP) is -1.33. The van der Waals surface area contributed by atoms with Crippen molar-refractivity contribution in [1.82, 2.24) is 0 Å². The van der Waals surface area contributed by atoms with Gasteiger partial charge in [-0.25, -0.2) is 0 Å². The van der Waals surface area contributed by atoms with Crippen molar-refractivity contribution in [3.63, 3.8) is 0 Å². The molecule has 0 bridgehead atoms. The van der Waals surface area contributed by atoms with Gasteiger partial charge in [-0.3, -0.25) is 0 Å². The van der Waals surface area contributed by atoms with E-state index < -0.39 is 114 Å². The Morgan fingerprint density at radius 2 is 1.12 bits per heavy atom.